The molecular formula is C28H30N4O5S. The van der Waals surface area contributed by atoms with E-state index in [0.717, 1.165) is 34.0 Å². The SMILES string of the molecule is CCS(=O)(=O)c1ccc(Nc2n[nH]c3cc([C@@H]4C[C@]4(C=O)c4cc(OC)ccc4NC)ccc23)c(OC)c1. The third kappa shape index (κ3) is 4.24. The van der Waals surface area contributed by atoms with Gasteiger partial charge in [-0.3, -0.25) is 5.10 Å². The van der Waals surface area contributed by atoms with Crippen LogP contribution >= 0.6 is 0 Å². The highest BCUT2D eigenvalue weighted by Gasteiger charge is 2.57. The van der Waals surface area contributed by atoms with Gasteiger partial charge < -0.3 is 24.9 Å². The van der Waals surface area contributed by atoms with Crippen LogP contribution in [0.1, 0.15) is 30.4 Å². The summed E-state index contributed by atoms with van der Waals surface area (Å²) >= 11 is 0. The molecule has 10 heteroatoms. The van der Waals surface area contributed by atoms with Crippen molar-refractivity contribution in [2.24, 2.45) is 0 Å². The van der Waals surface area contributed by atoms with Crippen LogP contribution in [0.2, 0.25) is 0 Å². The molecule has 1 saturated carbocycles. The quantitative estimate of drug-likeness (QED) is 0.249. The number of aldehydes is 1. The number of carbonyl (C=O) groups excluding carboxylic acids is 1. The van der Waals surface area contributed by atoms with Gasteiger partial charge in [0, 0.05) is 30.1 Å². The predicted molar refractivity (Wildman–Crippen MR) is 148 cm³/mol. The van der Waals surface area contributed by atoms with Crippen molar-refractivity contribution in [1.29, 1.82) is 0 Å². The molecule has 3 N–H and O–H groups in total. The van der Waals surface area contributed by atoms with Gasteiger partial charge in [0.1, 0.15) is 17.8 Å². The fourth-order valence-corrected chi connectivity index (χ4v) is 5.95. The molecule has 0 unspecified atom stereocenters. The summed E-state index contributed by atoms with van der Waals surface area (Å²) in [5, 5.41) is 14.8. The lowest BCUT2D eigenvalue weighted by atomic mass is 9.90. The highest BCUT2D eigenvalue weighted by Crippen LogP contribution is 2.61. The molecule has 3 aromatic carbocycles. The molecule has 0 spiro atoms. The van der Waals surface area contributed by atoms with Crippen molar-refractivity contribution < 1.29 is 22.7 Å². The first-order chi connectivity index (χ1) is 18.3. The van der Waals surface area contributed by atoms with Gasteiger partial charge in [0.15, 0.2) is 15.7 Å². The fraction of sp³-hybridized carbons (Fsp3) is 0.286. The Bertz CT molecular complexity index is 1630. The molecule has 1 aliphatic rings. The molecule has 1 aromatic heterocycles. The Kier molecular flexibility index (Phi) is 6.52. The molecule has 0 bridgehead atoms. The van der Waals surface area contributed by atoms with Gasteiger partial charge in [-0.15, -0.1) is 0 Å². The fourth-order valence-electron chi connectivity index (χ4n) is 5.05. The number of hydrogen-bond acceptors (Lipinski definition) is 8. The van der Waals surface area contributed by atoms with Crippen LogP contribution in [0.25, 0.3) is 10.9 Å². The Morgan fingerprint density at radius 1 is 1.08 bits per heavy atom. The van der Waals surface area contributed by atoms with Crippen molar-refractivity contribution in [3.05, 3.63) is 65.7 Å². The average Bonchev–Trinajstić information content (AvgIpc) is 3.58. The molecule has 198 valence electrons. The number of H-pyrrole nitrogens is 1. The van der Waals surface area contributed by atoms with E-state index in [4.69, 9.17) is 9.47 Å². The molecule has 1 heterocycles. The predicted octanol–water partition coefficient (Wildman–Crippen LogP) is 4.78. The normalized spacial score (nSPS) is 18.7. The second-order valence-electron chi connectivity index (χ2n) is 9.34. The zero-order valence-electron chi connectivity index (χ0n) is 21.7. The number of ether oxygens (including phenoxy) is 2. The zero-order valence-corrected chi connectivity index (χ0v) is 22.5. The van der Waals surface area contributed by atoms with Crippen LogP contribution in [-0.4, -0.2) is 51.9 Å². The van der Waals surface area contributed by atoms with E-state index in [1.54, 1.807) is 26.2 Å². The number of sulfone groups is 1. The van der Waals surface area contributed by atoms with Crippen molar-refractivity contribution in [3.63, 3.8) is 0 Å². The molecular weight excluding hydrogens is 504 g/mol. The highest BCUT2D eigenvalue weighted by molar-refractivity contribution is 7.91. The molecule has 0 amide bonds. The number of aromatic nitrogens is 2. The Labute approximate surface area is 221 Å². The van der Waals surface area contributed by atoms with Gasteiger partial charge in [0.05, 0.1) is 41.5 Å². The molecule has 5 rings (SSSR count). The number of nitrogens with one attached hydrogen (secondary N) is 3. The van der Waals surface area contributed by atoms with E-state index in [0.29, 0.717) is 29.4 Å². The maximum atomic E-state index is 12.4. The Hall–Kier alpha value is -4.05. The van der Waals surface area contributed by atoms with E-state index in [1.807, 2.05) is 43.4 Å². The number of nitrogens with zero attached hydrogens (tertiary/aromatic N) is 1. The summed E-state index contributed by atoms with van der Waals surface area (Å²) < 4.78 is 35.4. The van der Waals surface area contributed by atoms with Crippen LogP contribution < -0.4 is 20.1 Å². The van der Waals surface area contributed by atoms with E-state index in [2.05, 4.69) is 20.8 Å². The van der Waals surface area contributed by atoms with Crippen LogP contribution in [0, 0.1) is 0 Å². The summed E-state index contributed by atoms with van der Waals surface area (Å²) in [5.74, 6) is 1.73. The third-order valence-corrected chi connectivity index (χ3v) is 9.10. The summed E-state index contributed by atoms with van der Waals surface area (Å²) in [5.41, 5.74) is 3.65. The lowest BCUT2D eigenvalue weighted by molar-refractivity contribution is -0.110. The molecule has 1 fully saturated rings. The minimum Gasteiger partial charge on any atom is -0.497 e. The monoisotopic (exact) mass is 534 g/mol. The first kappa shape index (κ1) is 25.6. The molecule has 38 heavy (non-hydrogen) atoms. The second-order valence-corrected chi connectivity index (χ2v) is 11.6. The van der Waals surface area contributed by atoms with Crippen molar-refractivity contribution >= 4 is 44.2 Å². The number of benzene rings is 3. The molecule has 1 aliphatic carbocycles. The molecule has 9 nitrogen and oxygen atoms in total. The van der Waals surface area contributed by atoms with Crippen LogP contribution in [0.15, 0.2) is 59.5 Å². The number of anilines is 3. The van der Waals surface area contributed by atoms with E-state index in [9.17, 15) is 13.2 Å². The molecule has 0 aliphatic heterocycles. The minimum atomic E-state index is -3.36. The summed E-state index contributed by atoms with van der Waals surface area (Å²) in [4.78, 5) is 12.6. The zero-order chi connectivity index (χ0) is 27.1. The largest absolute Gasteiger partial charge is 0.497 e. The lowest BCUT2D eigenvalue weighted by Crippen LogP contribution is -2.14. The van der Waals surface area contributed by atoms with Crippen molar-refractivity contribution in [2.75, 3.05) is 37.7 Å². The summed E-state index contributed by atoms with van der Waals surface area (Å²) in [6.45, 7) is 1.61. The van der Waals surface area contributed by atoms with E-state index < -0.39 is 15.3 Å². The topological polar surface area (TPSA) is 122 Å². The average molecular weight is 535 g/mol. The maximum Gasteiger partial charge on any atom is 0.178 e. The highest BCUT2D eigenvalue weighted by atomic mass is 32.2. The first-order valence-electron chi connectivity index (χ1n) is 12.3. The Balaban J connectivity index is 1.44. The van der Waals surface area contributed by atoms with Crippen LogP contribution in [-0.2, 0) is 20.0 Å². The number of hydrogen-bond donors (Lipinski definition) is 3. The number of carbonyl (C=O) groups is 1. The van der Waals surface area contributed by atoms with Crippen molar-refractivity contribution in [1.82, 2.24) is 10.2 Å². The summed E-state index contributed by atoms with van der Waals surface area (Å²) in [6.07, 6.45) is 1.75. The molecule has 2 atom stereocenters. The summed E-state index contributed by atoms with van der Waals surface area (Å²) in [6, 6.07) is 16.5. The maximum absolute atomic E-state index is 12.4. The van der Waals surface area contributed by atoms with Gasteiger partial charge in [-0.1, -0.05) is 13.0 Å². The molecule has 0 radical (unpaired) electrons. The number of aromatic amines is 1. The number of rotatable bonds is 10. The van der Waals surface area contributed by atoms with Crippen LogP contribution in [0.3, 0.4) is 0 Å². The Morgan fingerprint density at radius 2 is 1.87 bits per heavy atom. The second kappa shape index (κ2) is 9.68. The van der Waals surface area contributed by atoms with Crippen LogP contribution in [0.4, 0.5) is 17.2 Å². The van der Waals surface area contributed by atoms with Gasteiger partial charge >= 0.3 is 0 Å². The summed E-state index contributed by atoms with van der Waals surface area (Å²) in [7, 11) is 1.60. The smallest absolute Gasteiger partial charge is 0.178 e. The van der Waals surface area contributed by atoms with Crippen molar-refractivity contribution in [2.45, 2.75) is 29.6 Å². The lowest BCUT2D eigenvalue weighted by Gasteiger charge is -2.17. The number of fused-ring (bicyclic) bond motifs is 1. The molecule has 0 saturated heterocycles. The van der Waals surface area contributed by atoms with Gasteiger partial charge in [-0.25, -0.2) is 8.42 Å². The van der Waals surface area contributed by atoms with Crippen molar-refractivity contribution in [3.8, 4) is 11.5 Å². The molecule has 4 aromatic rings. The minimum absolute atomic E-state index is 0.00966. The van der Waals surface area contributed by atoms with Gasteiger partial charge in [0.2, 0.25) is 0 Å². The standard InChI is InChI=1S/C28H30N4O5S/c1-5-38(34,35)19-8-11-24(26(14-19)37-4)30-27-20-9-6-17(12-25(20)31-32-27)22-15-28(22,16-33)21-13-18(36-3)7-10-23(21)29-2/h6-14,16,22,29H,5,15H2,1-4H3,(H2,30,31,32)/t22-,28-/m0/s1. The van der Waals surface area contributed by atoms with E-state index >= 15 is 0 Å². The van der Waals surface area contributed by atoms with Gasteiger partial charge in [-0.2, -0.15) is 5.10 Å². The first-order valence-corrected chi connectivity index (χ1v) is 13.9. The van der Waals surface area contributed by atoms with E-state index in [1.165, 1.54) is 13.2 Å². The Morgan fingerprint density at radius 3 is 2.55 bits per heavy atom. The van der Waals surface area contributed by atoms with Gasteiger partial charge in [-0.05, 0) is 60.0 Å². The van der Waals surface area contributed by atoms with Gasteiger partial charge in [0.25, 0.3) is 0 Å². The third-order valence-electron chi connectivity index (χ3n) is 7.37. The number of methoxy groups -OCH3 is 2. The van der Waals surface area contributed by atoms with E-state index in [-0.39, 0.29) is 16.6 Å². The van der Waals surface area contributed by atoms with Crippen LogP contribution in [0.5, 0.6) is 11.5 Å².